The first kappa shape index (κ1) is 14.5. The largest absolute Gasteiger partial charge is 0.341 e. The van der Waals surface area contributed by atoms with Crippen LogP contribution in [0.1, 0.15) is 29.8 Å². The normalized spacial score (nSPS) is 13.9. The second kappa shape index (κ2) is 5.25. The number of hydrogen-bond donors (Lipinski definition) is 2. The molecular weight excluding hydrogens is 254 g/mol. The highest BCUT2D eigenvalue weighted by Gasteiger charge is 2.24. The highest BCUT2D eigenvalue weighted by molar-refractivity contribution is 6.02. The molecule has 2 amide bonds. The van der Waals surface area contributed by atoms with Crippen LogP contribution in [0.5, 0.6) is 0 Å². The number of anilines is 1. The maximum atomic E-state index is 12.4. The molecule has 1 aromatic rings. The number of nitrogens with two attached hydrogens (primary N) is 1. The minimum absolute atomic E-state index is 0.0257. The standard InChI is InChI=1S/C15H21N3O2/c1-15(2,8-16)9-18(3)14(20)11-5-4-10-7-13(19)17-12(10)6-11/h4-6H,7-9,16H2,1-3H3,(H,17,19). The Hall–Kier alpha value is -1.88. The van der Waals surface area contributed by atoms with Crippen LogP contribution in [0, 0.1) is 5.41 Å². The quantitative estimate of drug-likeness (QED) is 0.868. The summed E-state index contributed by atoms with van der Waals surface area (Å²) in [7, 11) is 1.77. The molecule has 20 heavy (non-hydrogen) atoms. The van der Waals surface area contributed by atoms with Crippen LogP contribution < -0.4 is 11.1 Å². The van der Waals surface area contributed by atoms with Gasteiger partial charge in [0.1, 0.15) is 0 Å². The molecule has 1 aliphatic heterocycles. The summed E-state index contributed by atoms with van der Waals surface area (Å²) in [6.07, 6.45) is 0.389. The number of nitrogens with one attached hydrogen (secondary N) is 1. The van der Waals surface area contributed by atoms with E-state index in [2.05, 4.69) is 5.32 Å². The maximum Gasteiger partial charge on any atom is 0.253 e. The van der Waals surface area contributed by atoms with E-state index in [0.717, 1.165) is 11.3 Å². The lowest BCUT2D eigenvalue weighted by Crippen LogP contribution is -2.39. The molecule has 0 aliphatic carbocycles. The molecule has 0 atom stereocenters. The third-order valence-corrected chi connectivity index (χ3v) is 3.55. The van der Waals surface area contributed by atoms with Crippen molar-refractivity contribution in [1.82, 2.24) is 4.90 Å². The summed E-state index contributed by atoms with van der Waals surface area (Å²) in [5.74, 6) is -0.0855. The van der Waals surface area contributed by atoms with Crippen LogP contribution in [0.2, 0.25) is 0 Å². The lowest BCUT2D eigenvalue weighted by Gasteiger charge is -2.29. The second-order valence-corrected chi connectivity index (χ2v) is 6.13. The molecule has 0 saturated carbocycles. The Balaban J connectivity index is 2.14. The van der Waals surface area contributed by atoms with Gasteiger partial charge in [-0.25, -0.2) is 0 Å². The van der Waals surface area contributed by atoms with Crippen molar-refractivity contribution in [1.29, 1.82) is 0 Å². The molecule has 0 radical (unpaired) electrons. The molecule has 5 nitrogen and oxygen atoms in total. The number of carbonyl (C=O) groups is 2. The van der Waals surface area contributed by atoms with E-state index in [9.17, 15) is 9.59 Å². The zero-order valence-corrected chi connectivity index (χ0v) is 12.2. The van der Waals surface area contributed by atoms with Crippen LogP contribution in [-0.2, 0) is 11.2 Å². The monoisotopic (exact) mass is 275 g/mol. The Bertz CT molecular complexity index is 552. The summed E-state index contributed by atoms with van der Waals surface area (Å²) in [6, 6.07) is 5.35. The molecule has 3 N–H and O–H groups in total. The molecule has 0 aromatic heterocycles. The second-order valence-electron chi connectivity index (χ2n) is 6.13. The molecule has 1 aliphatic rings. The fourth-order valence-electron chi connectivity index (χ4n) is 2.35. The first-order valence-electron chi connectivity index (χ1n) is 6.71. The van der Waals surface area contributed by atoms with Crippen molar-refractivity contribution >= 4 is 17.5 Å². The summed E-state index contributed by atoms with van der Waals surface area (Å²) in [4.78, 5) is 25.4. The molecule has 108 valence electrons. The Labute approximate surface area is 119 Å². The van der Waals surface area contributed by atoms with Crippen molar-refractivity contribution in [2.24, 2.45) is 11.1 Å². The number of fused-ring (bicyclic) bond motifs is 1. The molecule has 0 unspecified atom stereocenters. The summed E-state index contributed by atoms with van der Waals surface area (Å²) in [5.41, 5.74) is 7.85. The molecule has 1 aromatic carbocycles. The number of hydrogen-bond acceptors (Lipinski definition) is 3. The maximum absolute atomic E-state index is 12.4. The first-order valence-corrected chi connectivity index (χ1v) is 6.71. The van der Waals surface area contributed by atoms with Gasteiger partial charge in [-0.15, -0.1) is 0 Å². The highest BCUT2D eigenvalue weighted by Crippen LogP contribution is 2.25. The zero-order chi connectivity index (χ0) is 14.9. The molecule has 0 bridgehead atoms. The average Bonchev–Trinajstić information content (AvgIpc) is 2.76. The Morgan fingerprint density at radius 1 is 1.45 bits per heavy atom. The Morgan fingerprint density at radius 3 is 2.80 bits per heavy atom. The summed E-state index contributed by atoms with van der Waals surface area (Å²) < 4.78 is 0. The fraction of sp³-hybridized carbons (Fsp3) is 0.467. The van der Waals surface area contributed by atoms with Crippen molar-refractivity contribution < 1.29 is 9.59 Å². The van der Waals surface area contributed by atoms with E-state index in [1.807, 2.05) is 19.9 Å². The Morgan fingerprint density at radius 2 is 2.15 bits per heavy atom. The van der Waals surface area contributed by atoms with E-state index in [1.165, 1.54) is 0 Å². The van der Waals surface area contributed by atoms with E-state index in [1.54, 1.807) is 24.1 Å². The van der Waals surface area contributed by atoms with Crippen LogP contribution >= 0.6 is 0 Å². The van der Waals surface area contributed by atoms with Crippen molar-refractivity contribution in [3.63, 3.8) is 0 Å². The number of carbonyl (C=O) groups excluding carboxylic acids is 2. The summed E-state index contributed by atoms with van der Waals surface area (Å²) >= 11 is 0. The van der Waals surface area contributed by atoms with Gasteiger partial charge in [0, 0.05) is 24.8 Å². The third kappa shape index (κ3) is 2.99. The van der Waals surface area contributed by atoms with Gasteiger partial charge in [-0.3, -0.25) is 9.59 Å². The van der Waals surface area contributed by atoms with Gasteiger partial charge in [-0.2, -0.15) is 0 Å². The van der Waals surface area contributed by atoms with Crippen LogP contribution in [0.25, 0.3) is 0 Å². The van der Waals surface area contributed by atoms with E-state index in [4.69, 9.17) is 5.73 Å². The smallest absolute Gasteiger partial charge is 0.253 e. The lowest BCUT2D eigenvalue weighted by atomic mass is 9.93. The number of amides is 2. The number of benzene rings is 1. The van der Waals surface area contributed by atoms with Crippen LogP contribution in [0.4, 0.5) is 5.69 Å². The van der Waals surface area contributed by atoms with Crippen LogP contribution in [-0.4, -0.2) is 36.9 Å². The van der Waals surface area contributed by atoms with Gasteiger partial charge in [0.05, 0.1) is 6.42 Å². The minimum atomic E-state index is -0.116. The molecule has 0 fully saturated rings. The van der Waals surface area contributed by atoms with Gasteiger partial charge < -0.3 is 16.0 Å². The van der Waals surface area contributed by atoms with Crippen LogP contribution in [0.15, 0.2) is 18.2 Å². The zero-order valence-electron chi connectivity index (χ0n) is 12.2. The molecule has 0 saturated heterocycles. The van der Waals surface area contributed by atoms with Crippen molar-refractivity contribution in [3.05, 3.63) is 29.3 Å². The molecule has 1 heterocycles. The predicted molar refractivity (Wildman–Crippen MR) is 78.6 cm³/mol. The molecule has 2 rings (SSSR count). The van der Waals surface area contributed by atoms with Gasteiger partial charge >= 0.3 is 0 Å². The molecular formula is C15H21N3O2. The number of nitrogens with zero attached hydrogens (tertiary/aromatic N) is 1. The van der Waals surface area contributed by atoms with Gasteiger partial charge in [0.25, 0.3) is 5.91 Å². The summed E-state index contributed by atoms with van der Waals surface area (Å²) in [5, 5.41) is 2.76. The van der Waals surface area contributed by atoms with Gasteiger partial charge in [-0.05, 0) is 29.7 Å². The minimum Gasteiger partial charge on any atom is -0.341 e. The lowest BCUT2D eigenvalue weighted by molar-refractivity contribution is -0.115. The topological polar surface area (TPSA) is 75.4 Å². The van der Waals surface area contributed by atoms with Crippen molar-refractivity contribution in [2.45, 2.75) is 20.3 Å². The third-order valence-electron chi connectivity index (χ3n) is 3.55. The first-order chi connectivity index (χ1) is 9.32. The van der Waals surface area contributed by atoms with E-state index >= 15 is 0 Å². The van der Waals surface area contributed by atoms with E-state index in [0.29, 0.717) is 25.1 Å². The van der Waals surface area contributed by atoms with Gasteiger partial charge in [-0.1, -0.05) is 19.9 Å². The predicted octanol–water partition coefficient (Wildman–Crippen LogP) is 1.24. The Kier molecular flexibility index (Phi) is 3.81. The van der Waals surface area contributed by atoms with Crippen molar-refractivity contribution in [2.75, 3.05) is 25.5 Å². The molecule has 5 heteroatoms. The summed E-state index contributed by atoms with van der Waals surface area (Å²) in [6.45, 7) is 5.16. The van der Waals surface area contributed by atoms with Crippen LogP contribution in [0.3, 0.4) is 0 Å². The fourth-order valence-corrected chi connectivity index (χ4v) is 2.35. The van der Waals surface area contributed by atoms with Crippen molar-refractivity contribution in [3.8, 4) is 0 Å². The van der Waals surface area contributed by atoms with Gasteiger partial charge in [0.2, 0.25) is 5.91 Å². The molecule has 0 spiro atoms. The van der Waals surface area contributed by atoms with E-state index < -0.39 is 0 Å². The SMILES string of the molecule is CN(CC(C)(C)CN)C(=O)c1ccc2c(c1)NC(=O)C2. The van der Waals surface area contributed by atoms with Gasteiger partial charge in [0.15, 0.2) is 0 Å². The highest BCUT2D eigenvalue weighted by atomic mass is 16.2. The average molecular weight is 275 g/mol. The number of rotatable bonds is 4. The van der Waals surface area contributed by atoms with E-state index in [-0.39, 0.29) is 17.2 Å².